The number of aliphatic hydroxyl groups is 1. The number of piperidine rings is 2. The molecule has 0 aromatic rings. The first-order valence-electron chi connectivity index (χ1n) is 10.8. The number of carbonyl (C=O) groups excluding carboxylic acids is 2. The lowest BCUT2D eigenvalue weighted by molar-refractivity contribution is -0.139. The Balaban J connectivity index is 1.16. The van der Waals surface area contributed by atoms with Crippen molar-refractivity contribution in [3.05, 3.63) is 0 Å². The Morgan fingerprint density at radius 2 is 1.81 bits per heavy atom. The Morgan fingerprint density at radius 1 is 1.04 bits per heavy atom. The molecule has 5 fully saturated rings. The predicted octanol–water partition coefficient (Wildman–Crippen LogP) is 0.733. The molecule has 27 heavy (non-hydrogen) atoms. The number of amides is 3. The first-order chi connectivity index (χ1) is 13.2. The summed E-state index contributed by atoms with van der Waals surface area (Å²) >= 11 is 0. The van der Waals surface area contributed by atoms with Crippen LogP contribution < -0.4 is 5.32 Å². The molecule has 3 saturated heterocycles. The lowest BCUT2D eigenvalue weighted by Gasteiger charge is -2.49. The summed E-state index contributed by atoms with van der Waals surface area (Å²) in [5.41, 5.74) is 0. The van der Waals surface area contributed by atoms with Gasteiger partial charge >= 0.3 is 6.03 Å². The third kappa shape index (κ3) is 4.09. The third-order valence-corrected chi connectivity index (χ3v) is 7.24. The Bertz CT molecular complexity index is 545. The molecule has 7 nitrogen and oxygen atoms in total. The average molecular weight is 379 g/mol. The van der Waals surface area contributed by atoms with Crippen molar-refractivity contribution >= 4 is 11.9 Å². The highest BCUT2D eigenvalue weighted by molar-refractivity contribution is 5.79. The minimum atomic E-state index is 0.0293. The molecule has 5 rings (SSSR count). The number of rotatable bonds is 5. The molecule has 0 aromatic carbocycles. The Kier molecular flexibility index (Phi) is 5.88. The molecule has 2 saturated carbocycles. The van der Waals surface area contributed by atoms with Crippen molar-refractivity contribution in [2.24, 2.45) is 17.8 Å². The standard InChI is InChI=1S/C20H34N4O3/c25-14-17-12-15-4-5-18(17)24(13-15)20(27)21-6-7-22-8-10-23(11-9-22)19(26)16-2-1-3-16/h15-18,25H,1-14H2,(H,21,27). The van der Waals surface area contributed by atoms with Gasteiger partial charge in [-0.05, 0) is 38.0 Å². The summed E-state index contributed by atoms with van der Waals surface area (Å²) in [6.07, 6.45) is 6.62. The summed E-state index contributed by atoms with van der Waals surface area (Å²) in [5.74, 6) is 1.45. The Labute approximate surface area is 162 Å². The van der Waals surface area contributed by atoms with Gasteiger partial charge in [0.2, 0.25) is 5.91 Å². The quantitative estimate of drug-likeness (QED) is 0.740. The molecule has 0 aromatic heterocycles. The fraction of sp³-hybridized carbons (Fsp3) is 0.900. The van der Waals surface area contributed by atoms with E-state index in [4.69, 9.17) is 0 Å². The van der Waals surface area contributed by atoms with E-state index in [9.17, 15) is 14.7 Å². The molecule has 2 N–H and O–H groups in total. The van der Waals surface area contributed by atoms with Gasteiger partial charge in [0.15, 0.2) is 0 Å². The number of aliphatic hydroxyl groups excluding tert-OH is 1. The smallest absolute Gasteiger partial charge is 0.317 e. The fourth-order valence-corrected chi connectivity index (χ4v) is 5.29. The zero-order valence-corrected chi connectivity index (χ0v) is 16.3. The largest absolute Gasteiger partial charge is 0.396 e. The Hall–Kier alpha value is -1.34. The average Bonchev–Trinajstić information content (AvgIpc) is 2.67. The topological polar surface area (TPSA) is 76.1 Å². The van der Waals surface area contributed by atoms with Gasteiger partial charge in [0.1, 0.15) is 0 Å². The molecule has 3 heterocycles. The van der Waals surface area contributed by atoms with Crippen molar-refractivity contribution in [2.45, 2.75) is 44.6 Å². The molecule has 0 radical (unpaired) electrons. The molecular weight excluding hydrogens is 344 g/mol. The fourth-order valence-electron chi connectivity index (χ4n) is 5.29. The van der Waals surface area contributed by atoms with Gasteiger partial charge in [-0.15, -0.1) is 0 Å². The molecule has 7 heteroatoms. The van der Waals surface area contributed by atoms with Crippen molar-refractivity contribution in [3.8, 4) is 0 Å². The van der Waals surface area contributed by atoms with E-state index >= 15 is 0 Å². The number of piperazine rings is 1. The molecule has 3 amide bonds. The number of hydrogen-bond donors (Lipinski definition) is 2. The van der Waals surface area contributed by atoms with E-state index in [2.05, 4.69) is 10.2 Å². The first-order valence-corrected chi connectivity index (χ1v) is 10.8. The van der Waals surface area contributed by atoms with Crippen molar-refractivity contribution < 1.29 is 14.7 Å². The molecule has 152 valence electrons. The number of hydrogen-bond acceptors (Lipinski definition) is 4. The summed E-state index contributed by atoms with van der Waals surface area (Å²) < 4.78 is 0. The highest BCUT2D eigenvalue weighted by Crippen LogP contribution is 2.38. The van der Waals surface area contributed by atoms with Gasteiger partial charge in [-0.1, -0.05) is 6.42 Å². The van der Waals surface area contributed by atoms with Crippen molar-refractivity contribution in [2.75, 3.05) is 52.4 Å². The van der Waals surface area contributed by atoms with Crippen LogP contribution >= 0.6 is 0 Å². The maximum absolute atomic E-state index is 12.6. The summed E-state index contributed by atoms with van der Waals surface area (Å²) in [7, 11) is 0. The zero-order valence-electron chi connectivity index (χ0n) is 16.3. The van der Waals surface area contributed by atoms with E-state index in [0.29, 0.717) is 24.3 Å². The molecule has 2 bridgehead atoms. The number of urea groups is 1. The van der Waals surface area contributed by atoms with Gasteiger partial charge in [-0.25, -0.2) is 4.79 Å². The predicted molar refractivity (Wildman–Crippen MR) is 102 cm³/mol. The third-order valence-electron chi connectivity index (χ3n) is 7.24. The molecule has 5 aliphatic rings. The maximum Gasteiger partial charge on any atom is 0.317 e. The van der Waals surface area contributed by atoms with Gasteiger partial charge in [0.05, 0.1) is 0 Å². The van der Waals surface area contributed by atoms with E-state index < -0.39 is 0 Å². The van der Waals surface area contributed by atoms with Crippen LogP contribution in [0.1, 0.15) is 38.5 Å². The SMILES string of the molecule is O=C(C1CCC1)N1CCN(CCNC(=O)N2CC3CCC2C(CO)C3)CC1. The van der Waals surface area contributed by atoms with Crippen LogP contribution in [0.15, 0.2) is 0 Å². The van der Waals surface area contributed by atoms with Gasteiger partial charge in [-0.3, -0.25) is 9.69 Å². The summed E-state index contributed by atoms with van der Waals surface area (Å²) in [6, 6.07) is 0.239. The molecule has 0 spiro atoms. The second-order valence-corrected chi connectivity index (χ2v) is 8.87. The van der Waals surface area contributed by atoms with E-state index in [0.717, 1.165) is 65.0 Å². The first kappa shape index (κ1) is 19.0. The van der Waals surface area contributed by atoms with Crippen LogP contribution in [0.4, 0.5) is 4.79 Å². The molecule has 3 atom stereocenters. The van der Waals surface area contributed by atoms with Gasteiger partial charge in [-0.2, -0.15) is 0 Å². The van der Waals surface area contributed by atoms with Crippen LogP contribution in [-0.4, -0.2) is 90.2 Å². The number of nitrogens with zero attached hydrogens (tertiary/aromatic N) is 3. The van der Waals surface area contributed by atoms with Gasteiger partial charge in [0, 0.05) is 70.3 Å². The van der Waals surface area contributed by atoms with Gasteiger partial charge in [0.25, 0.3) is 0 Å². The number of fused-ring (bicyclic) bond motifs is 3. The molecule has 2 aliphatic carbocycles. The van der Waals surface area contributed by atoms with Crippen LogP contribution in [-0.2, 0) is 4.79 Å². The summed E-state index contributed by atoms with van der Waals surface area (Å²) in [6.45, 7) is 5.94. The van der Waals surface area contributed by atoms with Crippen LogP contribution in [0.5, 0.6) is 0 Å². The van der Waals surface area contributed by atoms with Crippen molar-refractivity contribution in [1.29, 1.82) is 0 Å². The highest BCUT2D eigenvalue weighted by Gasteiger charge is 2.42. The normalized spacial score (nSPS) is 31.7. The lowest BCUT2D eigenvalue weighted by atomic mass is 9.73. The second kappa shape index (κ2) is 8.35. The van der Waals surface area contributed by atoms with Crippen LogP contribution in [0.25, 0.3) is 0 Å². The number of carbonyl (C=O) groups is 2. The van der Waals surface area contributed by atoms with E-state index in [1.165, 1.54) is 12.8 Å². The van der Waals surface area contributed by atoms with Crippen LogP contribution in [0, 0.1) is 17.8 Å². The number of nitrogens with one attached hydrogen (secondary N) is 1. The monoisotopic (exact) mass is 378 g/mol. The molecule has 3 unspecified atom stereocenters. The van der Waals surface area contributed by atoms with Crippen LogP contribution in [0.2, 0.25) is 0 Å². The minimum absolute atomic E-state index is 0.0293. The van der Waals surface area contributed by atoms with Crippen LogP contribution in [0.3, 0.4) is 0 Å². The Morgan fingerprint density at radius 3 is 2.44 bits per heavy atom. The minimum Gasteiger partial charge on any atom is -0.396 e. The summed E-state index contributed by atoms with van der Waals surface area (Å²) in [4.78, 5) is 31.2. The lowest BCUT2D eigenvalue weighted by Crippen LogP contribution is -2.59. The van der Waals surface area contributed by atoms with Crippen molar-refractivity contribution in [1.82, 2.24) is 20.0 Å². The van der Waals surface area contributed by atoms with Gasteiger partial charge < -0.3 is 20.2 Å². The highest BCUT2D eigenvalue weighted by atomic mass is 16.3. The summed E-state index contributed by atoms with van der Waals surface area (Å²) in [5, 5.41) is 12.7. The van der Waals surface area contributed by atoms with E-state index in [-0.39, 0.29) is 24.6 Å². The molecular formula is C20H34N4O3. The van der Waals surface area contributed by atoms with E-state index in [1.54, 1.807) is 0 Å². The molecule has 3 aliphatic heterocycles. The zero-order chi connectivity index (χ0) is 18.8. The maximum atomic E-state index is 12.6. The second-order valence-electron chi connectivity index (χ2n) is 8.87. The van der Waals surface area contributed by atoms with Crippen molar-refractivity contribution in [3.63, 3.8) is 0 Å². The van der Waals surface area contributed by atoms with E-state index in [1.807, 2.05) is 9.80 Å².